The molecular weight excluding hydrogens is 354 g/mol. The van der Waals surface area contributed by atoms with E-state index >= 15 is 0 Å². The van der Waals surface area contributed by atoms with Gasteiger partial charge < -0.3 is 14.2 Å². The highest BCUT2D eigenvalue weighted by molar-refractivity contribution is 7.91. The molecule has 0 bridgehead atoms. The number of sulfonamides is 1. The minimum atomic E-state index is -3.68. The first-order valence-corrected chi connectivity index (χ1v) is 8.96. The first-order chi connectivity index (χ1) is 11.4. The SMILES string of the molecule is COc1cc(OC)c(NS(=O)(=O)Cc2ccc(Cl)cc2)c(OC)c1. The summed E-state index contributed by atoms with van der Waals surface area (Å²) in [5.41, 5.74) is 0.827. The fourth-order valence-electron chi connectivity index (χ4n) is 2.10. The molecule has 0 saturated heterocycles. The fourth-order valence-corrected chi connectivity index (χ4v) is 3.44. The Bertz CT molecular complexity index is 781. The molecule has 0 aromatic heterocycles. The topological polar surface area (TPSA) is 73.9 Å². The van der Waals surface area contributed by atoms with E-state index in [2.05, 4.69) is 4.72 Å². The van der Waals surface area contributed by atoms with Crippen LogP contribution in [0.15, 0.2) is 36.4 Å². The molecule has 24 heavy (non-hydrogen) atoms. The lowest BCUT2D eigenvalue weighted by molar-refractivity contribution is 0.378. The van der Waals surface area contributed by atoms with Crippen LogP contribution in [0.1, 0.15) is 5.56 Å². The highest BCUT2D eigenvalue weighted by atomic mass is 35.5. The van der Waals surface area contributed by atoms with Crippen molar-refractivity contribution in [3.63, 3.8) is 0 Å². The van der Waals surface area contributed by atoms with Crippen molar-refractivity contribution in [3.8, 4) is 17.2 Å². The zero-order chi connectivity index (χ0) is 17.7. The lowest BCUT2D eigenvalue weighted by Crippen LogP contribution is -2.16. The van der Waals surface area contributed by atoms with Crippen molar-refractivity contribution in [2.24, 2.45) is 0 Å². The van der Waals surface area contributed by atoms with Gasteiger partial charge in [0.1, 0.15) is 22.9 Å². The predicted octanol–water partition coefficient (Wildman–Crippen LogP) is 3.31. The van der Waals surface area contributed by atoms with Crippen LogP contribution in [0, 0.1) is 0 Å². The lowest BCUT2D eigenvalue weighted by atomic mass is 10.2. The number of hydrogen-bond donors (Lipinski definition) is 1. The molecule has 0 atom stereocenters. The molecule has 0 aliphatic heterocycles. The van der Waals surface area contributed by atoms with Crippen molar-refractivity contribution in [2.75, 3.05) is 26.1 Å². The van der Waals surface area contributed by atoms with Crippen LogP contribution in [-0.4, -0.2) is 29.7 Å². The van der Waals surface area contributed by atoms with Crippen molar-refractivity contribution < 1.29 is 22.6 Å². The molecule has 130 valence electrons. The quantitative estimate of drug-likeness (QED) is 0.808. The Morgan fingerprint density at radius 2 is 1.50 bits per heavy atom. The van der Waals surface area contributed by atoms with Crippen LogP contribution in [-0.2, 0) is 15.8 Å². The normalized spacial score (nSPS) is 11.0. The zero-order valence-corrected chi connectivity index (χ0v) is 15.1. The van der Waals surface area contributed by atoms with Gasteiger partial charge in [-0.3, -0.25) is 4.72 Å². The summed E-state index contributed by atoms with van der Waals surface area (Å²) in [7, 11) is 0.691. The Morgan fingerprint density at radius 3 is 1.96 bits per heavy atom. The van der Waals surface area contributed by atoms with Crippen molar-refractivity contribution in [2.45, 2.75) is 5.75 Å². The molecule has 0 fully saturated rings. The van der Waals surface area contributed by atoms with Crippen molar-refractivity contribution in [1.82, 2.24) is 0 Å². The first-order valence-electron chi connectivity index (χ1n) is 6.93. The van der Waals surface area contributed by atoms with Crippen LogP contribution < -0.4 is 18.9 Å². The molecule has 0 aliphatic carbocycles. The zero-order valence-electron chi connectivity index (χ0n) is 13.5. The van der Waals surface area contributed by atoms with Gasteiger partial charge in [-0.15, -0.1) is 0 Å². The number of nitrogens with one attached hydrogen (secondary N) is 1. The van der Waals surface area contributed by atoms with Crippen LogP contribution in [0.5, 0.6) is 17.2 Å². The third-order valence-electron chi connectivity index (χ3n) is 3.24. The maximum atomic E-state index is 12.5. The Hall–Kier alpha value is -2.12. The molecule has 0 heterocycles. The number of rotatable bonds is 7. The molecule has 0 saturated carbocycles. The number of ether oxygens (including phenoxy) is 3. The molecule has 2 aromatic carbocycles. The predicted molar refractivity (Wildman–Crippen MR) is 93.8 cm³/mol. The minimum absolute atomic E-state index is 0.206. The van der Waals surface area contributed by atoms with E-state index in [0.29, 0.717) is 27.8 Å². The molecule has 0 unspecified atom stereocenters. The van der Waals surface area contributed by atoms with E-state index < -0.39 is 10.0 Å². The van der Waals surface area contributed by atoms with Crippen LogP contribution >= 0.6 is 11.6 Å². The smallest absolute Gasteiger partial charge is 0.237 e. The average Bonchev–Trinajstić information content (AvgIpc) is 2.56. The van der Waals surface area contributed by atoms with Gasteiger partial charge >= 0.3 is 0 Å². The maximum Gasteiger partial charge on any atom is 0.237 e. The van der Waals surface area contributed by atoms with Crippen molar-refractivity contribution >= 4 is 27.3 Å². The molecule has 1 N–H and O–H groups in total. The summed E-state index contributed by atoms with van der Waals surface area (Å²) < 4.78 is 43.0. The summed E-state index contributed by atoms with van der Waals surface area (Å²) in [6.07, 6.45) is 0. The largest absolute Gasteiger partial charge is 0.496 e. The number of hydrogen-bond acceptors (Lipinski definition) is 5. The minimum Gasteiger partial charge on any atom is -0.496 e. The Morgan fingerprint density at radius 1 is 0.958 bits per heavy atom. The van der Waals surface area contributed by atoms with Crippen LogP contribution in [0.4, 0.5) is 5.69 Å². The molecular formula is C16H18ClNO5S. The lowest BCUT2D eigenvalue weighted by Gasteiger charge is -2.16. The Labute approximate surface area is 146 Å². The standard InChI is InChI=1S/C16H18ClNO5S/c1-21-13-8-14(22-2)16(15(9-13)23-3)18-24(19,20)10-11-4-6-12(17)7-5-11/h4-9,18H,10H2,1-3H3. The van der Waals surface area contributed by atoms with Gasteiger partial charge in [0.05, 0.1) is 27.1 Å². The summed E-state index contributed by atoms with van der Waals surface area (Å²) in [4.78, 5) is 0. The third kappa shape index (κ3) is 4.46. The van der Waals surface area contributed by atoms with Crippen LogP contribution in [0.25, 0.3) is 0 Å². The highest BCUT2D eigenvalue weighted by Crippen LogP contribution is 2.39. The molecule has 8 heteroatoms. The van der Waals surface area contributed by atoms with E-state index in [9.17, 15) is 8.42 Å². The third-order valence-corrected chi connectivity index (χ3v) is 4.72. The van der Waals surface area contributed by atoms with Crippen LogP contribution in [0.2, 0.25) is 5.02 Å². The van der Waals surface area contributed by atoms with E-state index in [0.717, 1.165) is 0 Å². The summed E-state index contributed by atoms with van der Waals surface area (Å²) in [5, 5.41) is 0.544. The molecule has 0 radical (unpaired) electrons. The molecule has 2 rings (SSSR count). The van der Waals surface area contributed by atoms with E-state index in [1.54, 1.807) is 36.4 Å². The molecule has 2 aromatic rings. The van der Waals surface area contributed by atoms with Crippen molar-refractivity contribution in [3.05, 3.63) is 47.0 Å². The molecule has 6 nitrogen and oxygen atoms in total. The molecule has 0 spiro atoms. The van der Waals surface area contributed by atoms with Gasteiger partial charge in [-0.25, -0.2) is 8.42 Å². The van der Waals surface area contributed by atoms with Gasteiger partial charge in [-0.05, 0) is 17.7 Å². The van der Waals surface area contributed by atoms with Gasteiger partial charge in [-0.1, -0.05) is 23.7 Å². The number of methoxy groups -OCH3 is 3. The Balaban J connectivity index is 2.33. The second kappa shape index (κ2) is 7.63. The number of benzene rings is 2. The molecule has 0 aliphatic rings. The number of anilines is 1. The van der Waals surface area contributed by atoms with Gasteiger partial charge in [0.2, 0.25) is 10.0 Å². The number of halogens is 1. The van der Waals surface area contributed by atoms with Crippen LogP contribution in [0.3, 0.4) is 0 Å². The van der Waals surface area contributed by atoms with Gasteiger partial charge in [0.15, 0.2) is 0 Å². The van der Waals surface area contributed by atoms with Gasteiger partial charge in [0, 0.05) is 17.2 Å². The van der Waals surface area contributed by atoms with E-state index in [-0.39, 0.29) is 11.4 Å². The first kappa shape index (κ1) is 18.2. The van der Waals surface area contributed by atoms with Gasteiger partial charge in [-0.2, -0.15) is 0 Å². The Kier molecular flexibility index (Phi) is 5.80. The van der Waals surface area contributed by atoms with Crippen molar-refractivity contribution in [1.29, 1.82) is 0 Å². The maximum absolute atomic E-state index is 12.5. The van der Waals surface area contributed by atoms with E-state index in [1.807, 2.05) is 0 Å². The second-order valence-corrected chi connectivity index (χ2v) is 7.05. The fraction of sp³-hybridized carbons (Fsp3) is 0.250. The highest BCUT2D eigenvalue weighted by Gasteiger charge is 2.20. The van der Waals surface area contributed by atoms with E-state index in [4.69, 9.17) is 25.8 Å². The van der Waals surface area contributed by atoms with Gasteiger partial charge in [0.25, 0.3) is 0 Å². The average molecular weight is 372 g/mol. The summed E-state index contributed by atoms with van der Waals surface area (Å²) in [6.45, 7) is 0. The summed E-state index contributed by atoms with van der Waals surface area (Å²) in [5.74, 6) is 0.879. The molecule has 0 amide bonds. The monoisotopic (exact) mass is 371 g/mol. The van der Waals surface area contributed by atoms with E-state index in [1.165, 1.54) is 21.3 Å². The second-order valence-electron chi connectivity index (χ2n) is 4.89. The summed E-state index contributed by atoms with van der Waals surface area (Å²) >= 11 is 5.81. The summed E-state index contributed by atoms with van der Waals surface area (Å²) in [6, 6.07) is 9.74.